The summed E-state index contributed by atoms with van der Waals surface area (Å²) in [5.74, 6) is 2.71. The van der Waals surface area contributed by atoms with Crippen molar-refractivity contribution in [1.82, 2.24) is 9.97 Å². The Kier molecular flexibility index (Phi) is 7.18. The van der Waals surface area contributed by atoms with Gasteiger partial charge >= 0.3 is 0 Å². The third kappa shape index (κ3) is 5.03. The largest absolute Gasteiger partial charge is 0.396 e. The molecule has 0 radical (unpaired) electrons. The minimum atomic E-state index is 0.244. The quantitative estimate of drug-likeness (QED) is 0.599. The molecule has 0 unspecified atom stereocenters. The van der Waals surface area contributed by atoms with Crippen LogP contribution in [0.25, 0.3) is 0 Å². The molecule has 1 aromatic heterocycles. The summed E-state index contributed by atoms with van der Waals surface area (Å²) in [5, 5.41) is 15.4. The Labute approximate surface area is 115 Å². The second kappa shape index (κ2) is 8.69. The summed E-state index contributed by atoms with van der Waals surface area (Å²) in [6, 6.07) is 0. The molecule has 5 nitrogen and oxygen atoms in total. The molecule has 1 rings (SSSR count). The summed E-state index contributed by atoms with van der Waals surface area (Å²) >= 11 is 0. The van der Waals surface area contributed by atoms with E-state index in [-0.39, 0.29) is 6.61 Å². The van der Waals surface area contributed by atoms with Crippen molar-refractivity contribution in [2.75, 3.05) is 30.3 Å². The first-order valence-electron chi connectivity index (χ1n) is 7.19. The molecule has 0 bridgehead atoms. The molecule has 0 fully saturated rings. The van der Waals surface area contributed by atoms with E-state index < -0.39 is 0 Å². The first-order valence-corrected chi connectivity index (χ1v) is 7.19. The summed E-state index contributed by atoms with van der Waals surface area (Å²) < 4.78 is 0. The van der Waals surface area contributed by atoms with Crippen molar-refractivity contribution in [1.29, 1.82) is 0 Å². The lowest BCUT2D eigenvalue weighted by atomic mass is 10.2. The van der Waals surface area contributed by atoms with E-state index in [1.807, 2.05) is 6.92 Å². The maximum absolute atomic E-state index is 8.78. The van der Waals surface area contributed by atoms with Gasteiger partial charge in [0.2, 0.25) is 0 Å². The zero-order valence-electron chi connectivity index (χ0n) is 12.3. The molecule has 0 spiro atoms. The summed E-state index contributed by atoms with van der Waals surface area (Å²) in [4.78, 5) is 9.13. The Bertz CT molecular complexity index is 382. The van der Waals surface area contributed by atoms with Crippen molar-refractivity contribution in [2.45, 2.75) is 46.5 Å². The van der Waals surface area contributed by atoms with Gasteiger partial charge in [0.25, 0.3) is 0 Å². The van der Waals surface area contributed by atoms with Crippen molar-refractivity contribution in [2.24, 2.45) is 0 Å². The number of aryl methyl sites for hydroxylation is 1. The summed E-state index contributed by atoms with van der Waals surface area (Å²) in [6.45, 7) is 8.15. The lowest BCUT2D eigenvalue weighted by molar-refractivity contribution is 0.286. The van der Waals surface area contributed by atoms with Crippen LogP contribution in [0.5, 0.6) is 0 Å². The normalized spacial score (nSPS) is 10.5. The monoisotopic (exact) mass is 266 g/mol. The van der Waals surface area contributed by atoms with Crippen LogP contribution in [0.3, 0.4) is 0 Å². The maximum atomic E-state index is 8.78. The number of aliphatic hydroxyl groups is 1. The number of unbranched alkanes of at least 4 members (excludes halogenated alkanes) is 1. The van der Waals surface area contributed by atoms with Crippen LogP contribution in [0.1, 0.15) is 44.5 Å². The fourth-order valence-corrected chi connectivity index (χ4v) is 1.85. The molecular weight excluding hydrogens is 240 g/mol. The summed E-state index contributed by atoms with van der Waals surface area (Å²) in [6.07, 6.45) is 3.70. The second-order valence-corrected chi connectivity index (χ2v) is 4.60. The Balaban J connectivity index is 2.80. The van der Waals surface area contributed by atoms with Crippen LogP contribution in [-0.4, -0.2) is 34.8 Å². The van der Waals surface area contributed by atoms with E-state index >= 15 is 0 Å². The Morgan fingerprint density at radius 1 is 1.05 bits per heavy atom. The molecule has 0 saturated heterocycles. The molecule has 0 aliphatic rings. The van der Waals surface area contributed by atoms with Crippen molar-refractivity contribution < 1.29 is 5.11 Å². The van der Waals surface area contributed by atoms with Gasteiger partial charge in [-0.3, -0.25) is 0 Å². The number of aliphatic hydroxyl groups excluding tert-OH is 1. The Morgan fingerprint density at radius 3 is 2.32 bits per heavy atom. The fraction of sp³-hybridized carbons (Fsp3) is 0.714. The van der Waals surface area contributed by atoms with Gasteiger partial charge in [0, 0.05) is 31.7 Å². The van der Waals surface area contributed by atoms with Gasteiger partial charge in [-0.05, 0) is 33.1 Å². The van der Waals surface area contributed by atoms with Gasteiger partial charge in [-0.15, -0.1) is 0 Å². The molecule has 5 heteroatoms. The van der Waals surface area contributed by atoms with Crippen LogP contribution < -0.4 is 10.6 Å². The third-order valence-corrected chi connectivity index (χ3v) is 2.89. The van der Waals surface area contributed by atoms with Crippen molar-refractivity contribution in [3.63, 3.8) is 0 Å². The molecule has 19 heavy (non-hydrogen) atoms. The molecule has 0 aromatic carbocycles. The highest BCUT2D eigenvalue weighted by Crippen LogP contribution is 2.20. The maximum Gasteiger partial charge on any atom is 0.134 e. The van der Waals surface area contributed by atoms with E-state index in [2.05, 4.69) is 34.4 Å². The second-order valence-electron chi connectivity index (χ2n) is 4.60. The highest BCUT2D eigenvalue weighted by Gasteiger charge is 2.09. The van der Waals surface area contributed by atoms with Gasteiger partial charge in [0.15, 0.2) is 0 Å². The fourth-order valence-electron chi connectivity index (χ4n) is 1.85. The van der Waals surface area contributed by atoms with Crippen LogP contribution in [0, 0.1) is 6.92 Å². The molecular formula is C14H26N4O. The summed E-state index contributed by atoms with van der Waals surface area (Å²) in [7, 11) is 0. The van der Waals surface area contributed by atoms with Crippen molar-refractivity contribution >= 4 is 11.6 Å². The minimum Gasteiger partial charge on any atom is -0.396 e. The predicted molar refractivity (Wildman–Crippen MR) is 79.7 cm³/mol. The highest BCUT2D eigenvalue weighted by atomic mass is 16.2. The average Bonchev–Trinajstić information content (AvgIpc) is 2.40. The average molecular weight is 266 g/mol. The van der Waals surface area contributed by atoms with E-state index in [1.165, 1.54) is 0 Å². The predicted octanol–water partition coefficient (Wildman–Crippen LogP) is 2.35. The standard InChI is InChI=1S/C14H26N4O/c1-4-8-12-17-13(15-5-2)11(3)14(18-12)16-9-6-7-10-19/h19H,4-10H2,1-3H3,(H2,15,16,17,18). The number of rotatable bonds is 9. The van der Waals surface area contributed by atoms with E-state index in [1.54, 1.807) is 0 Å². The van der Waals surface area contributed by atoms with Gasteiger partial charge in [-0.25, -0.2) is 9.97 Å². The molecule has 0 aliphatic heterocycles. The van der Waals surface area contributed by atoms with Crippen LogP contribution in [0.15, 0.2) is 0 Å². The van der Waals surface area contributed by atoms with E-state index in [9.17, 15) is 0 Å². The first-order chi connectivity index (χ1) is 9.22. The SMILES string of the molecule is CCCc1nc(NCC)c(C)c(NCCCCO)n1. The highest BCUT2D eigenvalue weighted by molar-refractivity contribution is 5.57. The van der Waals surface area contributed by atoms with Crippen molar-refractivity contribution in [3.8, 4) is 0 Å². The van der Waals surface area contributed by atoms with E-state index in [0.717, 1.165) is 61.8 Å². The van der Waals surface area contributed by atoms with Gasteiger partial charge < -0.3 is 15.7 Å². The lowest BCUT2D eigenvalue weighted by Crippen LogP contribution is -2.12. The molecule has 1 heterocycles. The number of hydrogen-bond donors (Lipinski definition) is 3. The topological polar surface area (TPSA) is 70.1 Å². The van der Waals surface area contributed by atoms with Gasteiger partial charge in [-0.2, -0.15) is 0 Å². The molecule has 108 valence electrons. The van der Waals surface area contributed by atoms with Gasteiger partial charge in [0.1, 0.15) is 17.5 Å². The van der Waals surface area contributed by atoms with Crippen molar-refractivity contribution in [3.05, 3.63) is 11.4 Å². The number of aromatic nitrogens is 2. The molecule has 1 aromatic rings. The molecule has 0 amide bonds. The lowest BCUT2D eigenvalue weighted by Gasteiger charge is -2.14. The van der Waals surface area contributed by atoms with Crippen LogP contribution in [-0.2, 0) is 6.42 Å². The summed E-state index contributed by atoms with van der Waals surface area (Å²) in [5.41, 5.74) is 1.06. The number of nitrogens with zero attached hydrogens (tertiary/aromatic N) is 2. The van der Waals surface area contributed by atoms with E-state index in [0.29, 0.717) is 0 Å². The third-order valence-electron chi connectivity index (χ3n) is 2.89. The van der Waals surface area contributed by atoms with E-state index in [4.69, 9.17) is 5.11 Å². The number of nitrogens with one attached hydrogen (secondary N) is 2. The van der Waals surface area contributed by atoms with Crippen LogP contribution in [0.2, 0.25) is 0 Å². The minimum absolute atomic E-state index is 0.244. The molecule has 0 saturated carbocycles. The Morgan fingerprint density at radius 2 is 1.74 bits per heavy atom. The van der Waals surface area contributed by atoms with Crippen LogP contribution >= 0.6 is 0 Å². The van der Waals surface area contributed by atoms with Gasteiger partial charge in [-0.1, -0.05) is 6.92 Å². The smallest absolute Gasteiger partial charge is 0.134 e. The molecule has 0 atom stereocenters. The van der Waals surface area contributed by atoms with Crippen LogP contribution in [0.4, 0.5) is 11.6 Å². The van der Waals surface area contributed by atoms with Gasteiger partial charge in [0.05, 0.1) is 0 Å². The zero-order chi connectivity index (χ0) is 14.1. The Hall–Kier alpha value is -1.36. The zero-order valence-corrected chi connectivity index (χ0v) is 12.3. The number of hydrogen-bond acceptors (Lipinski definition) is 5. The molecule has 3 N–H and O–H groups in total. The first kappa shape index (κ1) is 15.7. The molecule has 0 aliphatic carbocycles. The number of anilines is 2.